The van der Waals surface area contributed by atoms with Crippen LogP contribution in [-0.2, 0) is 9.59 Å². The van der Waals surface area contributed by atoms with E-state index < -0.39 is 16.7 Å². The quantitative estimate of drug-likeness (QED) is 0.491. The molecule has 1 aliphatic rings. The van der Waals surface area contributed by atoms with Crippen LogP contribution in [0.3, 0.4) is 0 Å². The number of ether oxygens (including phenoxy) is 1. The number of non-ortho nitro benzene ring substituents is 1. The van der Waals surface area contributed by atoms with E-state index in [0.29, 0.717) is 11.4 Å². The number of nitrogens with zero attached hydrogens (tertiary/aromatic N) is 2. The molecule has 132 valence electrons. The Kier molecular flexibility index (Phi) is 4.59. The molecule has 0 spiro atoms. The van der Waals surface area contributed by atoms with E-state index in [4.69, 9.17) is 16.3 Å². The van der Waals surface area contributed by atoms with E-state index in [1.807, 2.05) is 0 Å². The molecule has 9 heteroatoms. The summed E-state index contributed by atoms with van der Waals surface area (Å²) in [5, 5.41) is 13.4. The third-order valence-corrected chi connectivity index (χ3v) is 4.02. The molecule has 2 aromatic carbocycles. The normalized spacial score (nSPS) is 14.0. The molecule has 0 radical (unpaired) electrons. The number of nitrogens with one attached hydrogen (secondary N) is 1. The summed E-state index contributed by atoms with van der Waals surface area (Å²) in [7, 11) is 1.50. The highest BCUT2D eigenvalue weighted by Crippen LogP contribution is 2.32. The molecule has 26 heavy (non-hydrogen) atoms. The monoisotopic (exact) mass is 373 g/mol. The van der Waals surface area contributed by atoms with E-state index >= 15 is 0 Å². The molecule has 0 aromatic heterocycles. The largest absolute Gasteiger partial charge is 0.497 e. The van der Waals surface area contributed by atoms with Gasteiger partial charge in [-0.25, -0.2) is 4.90 Å². The van der Waals surface area contributed by atoms with Gasteiger partial charge >= 0.3 is 0 Å². The Labute approximate surface area is 152 Å². The van der Waals surface area contributed by atoms with Gasteiger partial charge in [0.05, 0.1) is 17.7 Å². The van der Waals surface area contributed by atoms with Crippen molar-refractivity contribution in [3.63, 3.8) is 0 Å². The van der Waals surface area contributed by atoms with Gasteiger partial charge in [-0.15, -0.1) is 0 Å². The number of amides is 2. The second-order valence-electron chi connectivity index (χ2n) is 5.27. The van der Waals surface area contributed by atoms with Crippen LogP contribution in [0.2, 0.25) is 0 Å². The van der Waals surface area contributed by atoms with Gasteiger partial charge in [-0.1, -0.05) is 23.7 Å². The number of hydrogen-bond acceptors (Lipinski definition) is 6. The highest BCUT2D eigenvalue weighted by Gasteiger charge is 2.39. The van der Waals surface area contributed by atoms with E-state index in [2.05, 4.69) is 5.32 Å². The second kappa shape index (κ2) is 6.85. The standard InChI is InChI=1S/C17H12ClN3O5/c1-26-13-7-2-4-10(8-13)19-15-14(18)16(22)20(17(15)23)11-5-3-6-12(9-11)21(24)25/h2-9,19H,1H3. The van der Waals surface area contributed by atoms with Crippen LogP contribution in [0.15, 0.2) is 59.3 Å². The number of rotatable bonds is 5. The molecule has 1 N–H and O–H groups in total. The Balaban J connectivity index is 1.92. The van der Waals surface area contributed by atoms with Crippen LogP contribution in [0.1, 0.15) is 0 Å². The van der Waals surface area contributed by atoms with Gasteiger partial charge in [0.1, 0.15) is 16.5 Å². The van der Waals surface area contributed by atoms with E-state index in [0.717, 1.165) is 11.0 Å². The first-order chi connectivity index (χ1) is 12.4. The Morgan fingerprint density at radius 1 is 1.12 bits per heavy atom. The number of imide groups is 1. The molecule has 0 unspecified atom stereocenters. The minimum atomic E-state index is -0.762. The van der Waals surface area contributed by atoms with Crippen molar-refractivity contribution >= 4 is 40.5 Å². The molecule has 2 aromatic rings. The van der Waals surface area contributed by atoms with Gasteiger partial charge in [-0.2, -0.15) is 0 Å². The van der Waals surface area contributed by atoms with Gasteiger partial charge in [0.2, 0.25) is 0 Å². The summed E-state index contributed by atoms with van der Waals surface area (Å²) >= 11 is 6.03. The molecule has 1 heterocycles. The van der Waals surface area contributed by atoms with Crippen molar-refractivity contribution in [2.24, 2.45) is 0 Å². The summed E-state index contributed by atoms with van der Waals surface area (Å²) in [6, 6.07) is 11.9. The first-order valence-corrected chi connectivity index (χ1v) is 7.74. The maximum absolute atomic E-state index is 12.7. The average Bonchev–Trinajstić information content (AvgIpc) is 2.85. The summed E-state index contributed by atoms with van der Waals surface area (Å²) in [4.78, 5) is 36.2. The molecule has 0 saturated carbocycles. The number of benzene rings is 2. The predicted octanol–water partition coefficient (Wildman–Crippen LogP) is 3.04. The zero-order valence-electron chi connectivity index (χ0n) is 13.4. The van der Waals surface area contributed by atoms with E-state index in [1.54, 1.807) is 24.3 Å². The third-order valence-electron chi connectivity index (χ3n) is 3.67. The SMILES string of the molecule is COc1cccc(NC2=C(Cl)C(=O)N(c3cccc([N+](=O)[O-])c3)C2=O)c1. The average molecular weight is 374 g/mol. The lowest BCUT2D eigenvalue weighted by Gasteiger charge is -2.15. The van der Waals surface area contributed by atoms with Gasteiger partial charge < -0.3 is 10.1 Å². The van der Waals surface area contributed by atoms with Crippen molar-refractivity contribution in [1.29, 1.82) is 0 Å². The highest BCUT2D eigenvalue weighted by atomic mass is 35.5. The number of nitro groups is 1. The third kappa shape index (κ3) is 3.09. The predicted molar refractivity (Wildman–Crippen MR) is 95.1 cm³/mol. The fourth-order valence-electron chi connectivity index (χ4n) is 2.44. The van der Waals surface area contributed by atoms with Gasteiger partial charge in [-0.3, -0.25) is 19.7 Å². The molecule has 0 saturated heterocycles. The zero-order chi connectivity index (χ0) is 18.8. The number of carbonyl (C=O) groups excluding carboxylic acids is 2. The molecular formula is C17H12ClN3O5. The van der Waals surface area contributed by atoms with E-state index in [-0.39, 0.29) is 22.1 Å². The molecule has 0 atom stereocenters. The van der Waals surface area contributed by atoms with Gasteiger partial charge in [0, 0.05) is 23.9 Å². The maximum Gasteiger partial charge on any atom is 0.283 e. The van der Waals surface area contributed by atoms with Gasteiger partial charge in [-0.05, 0) is 18.2 Å². The molecule has 2 amide bonds. The van der Waals surface area contributed by atoms with Crippen molar-refractivity contribution in [1.82, 2.24) is 0 Å². The summed E-state index contributed by atoms with van der Waals surface area (Å²) in [5.41, 5.74) is 0.208. The van der Waals surface area contributed by atoms with Crippen LogP contribution in [0.4, 0.5) is 17.1 Å². The van der Waals surface area contributed by atoms with Crippen LogP contribution in [0.25, 0.3) is 0 Å². The Hall–Kier alpha value is -3.39. The van der Waals surface area contributed by atoms with Gasteiger partial charge in [0.25, 0.3) is 17.5 Å². The number of halogens is 1. The summed E-state index contributed by atoms with van der Waals surface area (Å²) in [6.45, 7) is 0. The number of nitro benzene ring substituents is 1. The minimum absolute atomic E-state index is 0.0646. The van der Waals surface area contributed by atoms with Crippen LogP contribution in [0.5, 0.6) is 5.75 Å². The molecule has 1 aliphatic heterocycles. The van der Waals surface area contributed by atoms with Crippen LogP contribution in [-0.4, -0.2) is 23.8 Å². The molecule has 8 nitrogen and oxygen atoms in total. The number of methoxy groups -OCH3 is 1. The Bertz CT molecular complexity index is 957. The zero-order valence-corrected chi connectivity index (χ0v) is 14.2. The first kappa shape index (κ1) is 17.4. The summed E-state index contributed by atoms with van der Waals surface area (Å²) < 4.78 is 5.10. The fourth-order valence-corrected chi connectivity index (χ4v) is 2.65. The Morgan fingerprint density at radius 3 is 2.54 bits per heavy atom. The molecule has 3 rings (SSSR count). The lowest BCUT2D eigenvalue weighted by molar-refractivity contribution is -0.384. The lowest BCUT2D eigenvalue weighted by atomic mass is 10.2. The molecule has 0 bridgehead atoms. The van der Waals surface area contributed by atoms with Crippen molar-refractivity contribution in [3.8, 4) is 5.75 Å². The topological polar surface area (TPSA) is 102 Å². The van der Waals surface area contributed by atoms with Crippen LogP contribution in [0, 0.1) is 10.1 Å². The lowest BCUT2D eigenvalue weighted by Crippen LogP contribution is -2.32. The number of hydrogen-bond donors (Lipinski definition) is 1. The van der Waals surface area contributed by atoms with Crippen LogP contribution >= 0.6 is 11.6 Å². The van der Waals surface area contributed by atoms with Crippen molar-refractivity contribution < 1.29 is 19.2 Å². The first-order valence-electron chi connectivity index (χ1n) is 7.36. The Morgan fingerprint density at radius 2 is 1.85 bits per heavy atom. The van der Waals surface area contributed by atoms with Crippen molar-refractivity contribution in [2.75, 3.05) is 17.3 Å². The summed E-state index contributed by atoms with van der Waals surface area (Å²) in [6.07, 6.45) is 0. The molecule has 0 fully saturated rings. The van der Waals surface area contributed by atoms with E-state index in [9.17, 15) is 19.7 Å². The highest BCUT2D eigenvalue weighted by molar-refractivity contribution is 6.53. The molecular weight excluding hydrogens is 362 g/mol. The van der Waals surface area contributed by atoms with Crippen molar-refractivity contribution in [2.45, 2.75) is 0 Å². The second-order valence-corrected chi connectivity index (χ2v) is 5.65. The number of anilines is 2. The number of carbonyl (C=O) groups is 2. The fraction of sp³-hybridized carbons (Fsp3) is 0.0588. The van der Waals surface area contributed by atoms with Crippen LogP contribution < -0.4 is 15.0 Å². The summed E-state index contributed by atoms with van der Waals surface area (Å²) in [5.74, 6) is -0.912. The smallest absolute Gasteiger partial charge is 0.283 e. The van der Waals surface area contributed by atoms with E-state index in [1.165, 1.54) is 25.3 Å². The van der Waals surface area contributed by atoms with Crippen molar-refractivity contribution in [3.05, 3.63) is 69.4 Å². The minimum Gasteiger partial charge on any atom is -0.497 e. The maximum atomic E-state index is 12.7. The molecule has 0 aliphatic carbocycles. The van der Waals surface area contributed by atoms with Gasteiger partial charge in [0.15, 0.2) is 0 Å².